The minimum absolute atomic E-state index is 0.0967. The molecular weight excluding hydrogens is 152 g/mol. The SMILES string of the molecule is CCCCOC(C)(C)C#CCO. The molecule has 0 aromatic carbocycles. The summed E-state index contributed by atoms with van der Waals surface area (Å²) < 4.78 is 5.49. The predicted molar refractivity (Wildman–Crippen MR) is 49.8 cm³/mol. The lowest BCUT2D eigenvalue weighted by atomic mass is 10.1. The van der Waals surface area contributed by atoms with E-state index in [1.165, 1.54) is 0 Å². The molecule has 0 amide bonds. The Morgan fingerprint density at radius 3 is 2.58 bits per heavy atom. The van der Waals surface area contributed by atoms with E-state index in [0.29, 0.717) is 0 Å². The number of aliphatic hydroxyl groups is 1. The first-order chi connectivity index (χ1) is 5.62. The Hall–Kier alpha value is -0.520. The second-order valence-corrected chi connectivity index (χ2v) is 3.17. The first-order valence-corrected chi connectivity index (χ1v) is 4.37. The van der Waals surface area contributed by atoms with Crippen molar-refractivity contribution in [1.82, 2.24) is 0 Å². The zero-order chi connectivity index (χ0) is 9.45. The molecule has 0 saturated heterocycles. The molecule has 0 aliphatic heterocycles. The maximum absolute atomic E-state index is 8.47. The van der Waals surface area contributed by atoms with Crippen molar-refractivity contribution >= 4 is 0 Å². The zero-order valence-corrected chi connectivity index (χ0v) is 8.18. The number of rotatable bonds is 4. The topological polar surface area (TPSA) is 29.5 Å². The molecule has 0 aromatic rings. The number of hydrogen-bond donors (Lipinski definition) is 1. The number of ether oxygens (including phenoxy) is 1. The van der Waals surface area contributed by atoms with Gasteiger partial charge in [0.1, 0.15) is 12.2 Å². The molecule has 0 radical (unpaired) electrons. The normalized spacial score (nSPS) is 10.7. The van der Waals surface area contributed by atoms with Crippen LogP contribution in [0.5, 0.6) is 0 Å². The van der Waals surface area contributed by atoms with Crippen LogP contribution in [0.15, 0.2) is 0 Å². The summed E-state index contributed by atoms with van der Waals surface area (Å²) in [5.74, 6) is 5.44. The van der Waals surface area contributed by atoms with Crippen molar-refractivity contribution in [2.75, 3.05) is 13.2 Å². The van der Waals surface area contributed by atoms with E-state index in [0.717, 1.165) is 19.4 Å². The zero-order valence-electron chi connectivity index (χ0n) is 8.18. The molecule has 0 aromatic heterocycles. The standard InChI is InChI=1S/C10H18O2/c1-4-5-9-12-10(2,3)7-6-8-11/h11H,4-5,8-9H2,1-3H3. The Balaban J connectivity index is 3.71. The molecule has 0 fully saturated rings. The summed E-state index contributed by atoms with van der Waals surface area (Å²) in [7, 11) is 0. The van der Waals surface area contributed by atoms with Crippen molar-refractivity contribution in [2.24, 2.45) is 0 Å². The Kier molecular flexibility index (Phi) is 5.79. The Morgan fingerprint density at radius 1 is 1.42 bits per heavy atom. The second kappa shape index (κ2) is 6.05. The molecule has 0 heterocycles. The fourth-order valence-corrected chi connectivity index (χ4v) is 0.760. The van der Waals surface area contributed by atoms with E-state index in [1.54, 1.807) is 0 Å². The van der Waals surface area contributed by atoms with Crippen LogP contribution in [0.25, 0.3) is 0 Å². The van der Waals surface area contributed by atoms with Crippen molar-refractivity contribution < 1.29 is 9.84 Å². The second-order valence-electron chi connectivity index (χ2n) is 3.17. The summed E-state index contributed by atoms with van der Waals surface area (Å²) in [5.41, 5.74) is -0.419. The lowest BCUT2D eigenvalue weighted by molar-refractivity contribution is 0.0253. The van der Waals surface area contributed by atoms with Gasteiger partial charge in [-0.1, -0.05) is 25.2 Å². The van der Waals surface area contributed by atoms with Gasteiger partial charge in [0.25, 0.3) is 0 Å². The summed E-state index contributed by atoms with van der Waals surface area (Å²) in [6.45, 7) is 6.58. The minimum atomic E-state index is -0.419. The van der Waals surface area contributed by atoms with Crippen LogP contribution in [0.1, 0.15) is 33.6 Å². The highest BCUT2D eigenvalue weighted by Gasteiger charge is 2.13. The Bertz CT molecular complexity index is 162. The molecule has 0 aliphatic rings. The molecule has 2 nitrogen and oxygen atoms in total. The molecule has 0 unspecified atom stereocenters. The van der Waals surface area contributed by atoms with Crippen LogP contribution in [-0.4, -0.2) is 23.9 Å². The van der Waals surface area contributed by atoms with E-state index in [4.69, 9.17) is 9.84 Å². The van der Waals surface area contributed by atoms with Crippen molar-refractivity contribution in [3.05, 3.63) is 0 Å². The maximum Gasteiger partial charge on any atom is 0.123 e. The highest BCUT2D eigenvalue weighted by molar-refractivity contribution is 5.10. The van der Waals surface area contributed by atoms with Crippen molar-refractivity contribution in [1.29, 1.82) is 0 Å². The molecular formula is C10H18O2. The van der Waals surface area contributed by atoms with Gasteiger partial charge in [-0.2, -0.15) is 0 Å². The molecule has 70 valence electrons. The molecule has 0 atom stereocenters. The third-order valence-electron chi connectivity index (χ3n) is 1.43. The van der Waals surface area contributed by atoms with Gasteiger partial charge >= 0.3 is 0 Å². The highest BCUT2D eigenvalue weighted by Crippen LogP contribution is 2.07. The van der Waals surface area contributed by atoms with E-state index in [9.17, 15) is 0 Å². The summed E-state index contributed by atoms with van der Waals surface area (Å²) in [5, 5.41) is 8.47. The van der Waals surface area contributed by atoms with Gasteiger partial charge in [0, 0.05) is 6.61 Å². The Labute approximate surface area is 74.9 Å². The van der Waals surface area contributed by atoms with Gasteiger partial charge in [0.15, 0.2) is 0 Å². The van der Waals surface area contributed by atoms with Gasteiger partial charge in [-0.05, 0) is 20.3 Å². The smallest absolute Gasteiger partial charge is 0.123 e. The van der Waals surface area contributed by atoms with E-state index >= 15 is 0 Å². The average molecular weight is 170 g/mol. The fourth-order valence-electron chi connectivity index (χ4n) is 0.760. The third-order valence-corrected chi connectivity index (χ3v) is 1.43. The molecule has 12 heavy (non-hydrogen) atoms. The molecule has 0 spiro atoms. The lowest BCUT2D eigenvalue weighted by Gasteiger charge is -2.18. The van der Waals surface area contributed by atoms with Crippen molar-refractivity contribution in [3.63, 3.8) is 0 Å². The quantitative estimate of drug-likeness (QED) is 0.512. The van der Waals surface area contributed by atoms with E-state index < -0.39 is 5.60 Å². The fraction of sp³-hybridized carbons (Fsp3) is 0.800. The van der Waals surface area contributed by atoms with E-state index in [-0.39, 0.29) is 6.61 Å². The number of unbranched alkanes of at least 4 members (excludes halogenated alkanes) is 1. The summed E-state index contributed by atoms with van der Waals surface area (Å²) in [4.78, 5) is 0. The van der Waals surface area contributed by atoms with Gasteiger partial charge in [-0.3, -0.25) is 0 Å². The third kappa shape index (κ3) is 6.21. The Morgan fingerprint density at radius 2 is 2.08 bits per heavy atom. The van der Waals surface area contributed by atoms with Crippen LogP contribution >= 0.6 is 0 Å². The van der Waals surface area contributed by atoms with Gasteiger partial charge in [0.2, 0.25) is 0 Å². The molecule has 0 bridgehead atoms. The van der Waals surface area contributed by atoms with Crippen molar-refractivity contribution in [3.8, 4) is 11.8 Å². The molecule has 1 N–H and O–H groups in total. The van der Waals surface area contributed by atoms with Gasteiger partial charge < -0.3 is 9.84 Å². The van der Waals surface area contributed by atoms with Crippen LogP contribution in [-0.2, 0) is 4.74 Å². The van der Waals surface area contributed by atoms with Crippen LogP contribution < -0.4 is 0 Å². The van der Waals surface area contributed by atoms with Gasteiger partial charge in [-0.15, -0.1) is 0 Å². The average Bonchev–Trinajstić information content (AvgIpc) is 2.01. The van der Waals surface area contributed by atoms with Gasteiger partial charge in [0.05, 0.1) is 0 Å². The first kappa shape index (κ1) is 11.5. The van der Waals surface area contributed by atoms with E-state index in [2.05, 4.69) is 18.8 Å². The largest absolute Gasteiger partial charge is 0.384 e. The molecule has 0 rings (SSSR count). The van der Waals surface area contributed by atoms with E-state index in [1.807, 2.05) is 13.8 Å². The molecule has 0 saturated carbocycles. The molecule has 0 aliphatic carbocycles. The summed E-state index contributed by atoms with van der Waals surface area (Å²) in [6, 6.07) is 0. The monoisotopic (exact) mass is 170 g/mol. The lowest BCUT2D eigenvalue weighted by Crippen LogP contribution is -2.22. The maximum atomic E-state index is 8.47. The number of hydrogen-bond acceptors (Lipinski definition) is 2. The van der Waals surface area contributed by atoms with Gasteiger partial charge in [-0.25, -0.2) is 0 Å². The first-order valence-electron chi connectivity index (χ1n) is 4.37. The van der Waals surface area contributed by atoms with Crippen LogP contribution in [0.2, 0.25) is 0 Å². The minimum Gasteiger partial charge on any atom is -0.384 e. The van der Waals surface area contributed by atoms with Crippen LogP contribution in [0.3, 0.4) is 0 Å². The predicted octanol–water partition coefficient (Wildman–Crippen LogP) is 1.58. The summed E-state index contributed by atoms with van der Waals surface area (Å²) >= 11 is 0. The molecule has 2 heteroatoms. The van der Waals surface area contributed by atoms with Crippen LogP contribution in [0, 0.1) is 11.8 Å². The highest BCUT2D eigenvalue weighted by atomic mass is 16.5. The summed E-state index contributed by atoms with van der Waals surface area (Å²) in [6.07, 6.45) is 2.19. The number of aliphatic hydroxyl groups excluding tert-OH is 1. The van der Waals surface area contributed by atoms with Crippen LogP contribution in [0.4, 0.5) is 0 Å². The van der Waals surface area contributed by atoms with Crippen molar-refractivity contribution in [2.45, 2.75) is 39.2 Å².